The van der Waals surface area contributed by atoms with Crippen molar-refractivity contribution in [2.75, 3.05) is 6.54 Å². The van der Waals surface area contributed by atoms with Gasteiger partial charge in [-0.05, 0) is 24.8 Å². The van der Waals surface area contributed by atoms with Crippen molar-refractivity contribution in [1.29, 1.82) is 0 Å². The van der Waals surface area contributed by atoms with Crippen molar-refractivity contribution in [3.63, 3.8) is 0 Å². The largest absolute Gasteiger partial charge is 0.330 e. The predicted octanol–water partition coefficient (Wildman–Crippen LogP) is 1.75. The molecule has 54 valence electrons. The van der Waals surface area contributed by atoms with Gasteiger partial charge in [0.05, 0.1) is 0 Å². The summed E-state index contributed by atoms with van der Waals surface area (Å²) in [5, 5.41) is 0. The van der Waals surface area contributed by atoms with Gasteiger partial charge in [0.25, 0.3) is 0 Å². The van der Waals surface area contributed by atoms with Crippen LogP contribution >= 0.6 is 12.2 Å². The van der Waals surface area contributed by atoms with Crippen molar-refractivity contribution < 1.29 is 0 Å². The third-order valence-electron chi connectivity index (χ3n) is 1.50. The lowest BCUT2D eigenvalue weighted by molar-refractivity contribution is 0.627. The smallest absolute Gasteiger partial charge is 0.00220 e. The first kappa shape index (κ1) is 9.05. The van der Waals surface area contributed by atoms with Crippen molar-refractivity contribution in [2.24, 2.45) is 11.7 Å². The summed E-state index contributed by atoms with van der Waals surface area (Å²) in [5.41, 5.74) is 5.47. The molecule has 2 N–H and O–H groups in total. The zero-order chi connectivity index (χ0) is 7.28. The van der Waals surface area contributed by atoms with Gasteiger partial charge in [0, 0.05) is 5.92 Å². The molecule has 0 spiro atoms. The SMILES string of the molecule is CCCC(CN)C(C)=S. The summed E-state index contributed by atoms with van der Waals surface area (Å²) < 4.78 is 0. The number of thiocarbonyl (C=S) groups is 1. The first-order valence-electron chi connectivity index (χ1n) is 3.42. The predicted molar refractivity (Wildman–Crippen MR) is 45.7 cm³/mol. The van der Waals surface area contributed by atoms with Gasteiger partial charge in [0.15, 0.2) is 0 Å². The molecule has 0 aromatic carbocycles. The zero-order valence-corrected chi connectivity index (χ0v) is 7.00. The molecule has 0 aliphatic rings. The molecule has 0 fully saturated rings. The third-order valence-corrected chi connectivity index (χ3v) is 1.83. The number of nitrogens with two attached hydrogens (primary N) is 1. The van der Waals surface area contributed by atoms with Crippen LogP contribution in [0.1, 0.15) is 26.7 Å². The first-order chi connectivity index (χ1) is 4.22. The van der Waals surface area contributed by atoms with Gasteiger partial charge in [-0.2, -0.15) is 0 Å². The van der Waals surface area contributed by atoms with Crippen molar-refractivity contribution in [1.82, 2.24) is 0 Å². The fraction of sp³-hybridized carbons (Fsp3) is 0.857. The Balaban J connectivity index is 3.54. The molecule has 0 bridgehead atoms. The van der Waals surface area contributed by atoms with E-state index in [0.717, 1.165) is 11.3 Å². The molecule has 0 radical (unpaired) electrons. The Labute approximate surface area is 62.6 Å². The molecule has 1 atom stereocenters. The molecular weight excluding hydrogens is 130 g/mol. The maximum absolute atomic E-state index is 5.47. The van der Waals surface area contributed by atoms with Crippen LogP contribution in [0.5, 0.6) is 0 Å². The average molecular weight is 145 g/mol. The summed E-state index contributed by atoms with van der Waals surface area (Å²) in [6.45, 7) is 4.84. The van der Waals surface area contributed by atoms with Crippen LogP contribution < -0.4 is 5.73 Å². The molecule has 0 aromatic rings. The zero-order valence-electron chi connectivity index (χ0n) is 6.18. The second-order valence-electron chi connectivity index (χ2n) is 2.33. The van der Waals surface area contributed by atoms with Crippen LogP contribution in [0, 0.1) is 5.92 Å². The first-order valence-corrected chi connectivity index (χ1v) is 3.83. The molecule has 0 aliphatic heterocycles. The molecule has 0 rings (SSSR count). The van der Waals surface area contributed by atoms with E-state index in [-0.39, 0.29) is 0 Å². The van der Waals surface area contributed by atoms with Crippen LogP contribution in [0.2, 0.25) is 0 Å². The van der Waals surface area contributed by atoms with Gasteiger partial charge < -0.3 is 5.73 Å². The molecule has 9 heavy (non-hydrogen) atoms. The Morgan fingerprint density at radius 2 is 2.22 bits per heavy atom. The van der Waals surface area contributed by atoms with E-state index in [1.807, 2.05) is 6.92 Å². The maximum Gasteiger partial charge on any atom is 0.00220 e. The van der Waals surface area contributed by atoms with Crippen molar-refractivity contribution in [2.45, 2.75) is 26.7 Å². The van der Waals surface area contributed by atoms with Crippen molar-refractivity contribution in [3.8, 4) is 0 Å². The summed E-state index contributed by atoms with van der Waals surface area (Å²) in [5.74, 6) is 0.477. The second kappa shape index (κ2) is 4.89. The van der Waals surface area contributed by atoms with E-state index in [1.165, 1.54) is 6.42 Å². The minimum Gasteiger partial charge on any atom is -0.330 e. The molecular formula is C7H15NS. The number of rotatable bonds is 4. The highest BCUT2D eigenvalue weighted by molar-refractivity contribution is 7.80. The molecule has 0 aromatic heterocycles. The van der Waals surface area contributed by atoms with Gasteiger partial charge in [-0.3, -0.25) is 0 Å². The summed E-state index contributed by atoms with van der Waals surface area (Å²) in [4.78, 5) is 1.05. The average Bonchev–Trinajstić information content (AvgIpc) is 1.82. The molecule has 0 amide bonds. The van der Waals surface area contributed by atoms with Crippen LogP contribution in [-0.4, -0.2) is 11.4 Å². The van der Waals surface area contributed by atoms with Gasteiger partial charge in [0.1, 0.15) is 0 Å². The highest BCUT2D eigenvalue weighted by Gasteiger charge is 2.05. The van der Waals surface area contributed by atoms with Crippen LogP contribution in [-0.2, 0) is 0 Å². The summed E-state index contributed by atoms with van der Waals surface area (Å²) in [6.07, 6.45) is 2.32. The Morgan fingerprint density at radius 1 is 1.67 bits per heavy atom. The summed E-state index contributed by atoms with van der Waals surface area (Å²) in [7, 11) is 0. The van der Waals surface area contributed by atoms with Crippen LogP contribution in [0.4, 0.5) is 0 Å². The van der Waals surface area contributed by atoms with E-state index >= 15 is 0 Å². The summed E-state index contributed by atoms with van der Waals surface area (Å²) >= 11 is 5.00. The lowest BCUT2D eigenvalue weighted by Crippen LogP contribution is -2.19. The quantitative estimate of drug-likeness (QED) is 0.610. The van der Waals surface area contributed by atoms with Gasteiger partial charge >= 0.3 is 0 Å². The lowest BCUT2D eigenvalue weighted by Gasteiger charge is -2.10. The Morgan fingerprint density at radius 3 is 2.33 bits per heavy atom. The normalized spacial score (nSPS) is 13.2. The molecule has 1 unspecified atom stereocenters. The number of hydrogen-bond acceptors (Lipinski definition) is 2. The van der Waals surface area contributed by atoms with E-state index in [2.05, 4.69) is 6.92 Å². The Kier molecular flexibility index (Phi) is 4.91. The molecule has 0 saturated heterocycles. The lowest BCUT2D eigenvalue weighted by atomic mass is 10.0. The molecule has 0 saturated carbocycles. The molecule has 1 nitrogen and oxygen atoms in total. The molecule has 0 heterocycles. The van der Waals surface area contributed by atoms with E-state index in [1.54, 1.807) is 0 Å². The van der Waals surface area contributed by atoms with E-state index in [9.17, 15) is 0 Å². The maximum atomic E-state index is 5.47. The van der Waals surface area contributed by atoms with Crippen LogP contribution in [0.3, 0.4) is 0 Å². The van der Waals surface area contributed by atoms with Crippen molar-refractivity contribution in [3.05, 3.63) is 0 Å². The monoisotopic (exact) mass is 145 g/mol. The van der Waals surface area contributed by atoms with E-state index < -0.39 is 0 Å². The highest BCUT2D eigenvalue weighted by atomic mass is 32.1. The van der Waals surface area contributed by atoms with Crippen LogP contribution in [0.25, 0.3) is 0 Å². The minimum absolute atomic E-state index is 0.477. The number of hydrogen-bond donors (Lipinski definition) is 1. The van der Waals surface area contributed by atoms with Crippen molar-refractivity contribution >= 4 is 17.1 Å². The fourth-order valence-corrected chi connectivity index (χ4v) is 1.05. The van der Waals surface area contributed by atoms with E-state index in [0.29, 0.717) is 12.5 Å². The van der Waals surface area contributed by atoms with Gasteiger partial charge in [-0.25, -0.2) is 0 Å². The topological polar surface area (TPSA) is 26.0 Å². The standard InChI is InChI=1S/C7H15NS/c1-3-4-7(5-8)6(2)9/h7H,3-5,8H2,1-2H3. The van der Waals surface area contributed by atoms with Gasteiger partial charge in [0.2, 0.25) is 0 Å². The van der Waals surface area contributed by atoms with Gasteiger partial charge in [-0.1, -0.05) is 25.6 Å². The fourth-order valence-electron chi connectivity index (χ4n) is 0.836. The summed E-state index contributed by atoms with van der Waals surface area (Å²) in [6, 6.07) is 0. The third kappa shape index (κ3) is 3.60. The second-order valence-corrected chi connectivity index (χ2v) is 2.98. The minimum atomic E-state index is 0.477. The Bertz CT molecular complexity index is 90.9. The Hall–Kier alpha value is 0.0500. The molecule has 2 heteroatoms. The van der Waals surface area contributed by atoms with Gasteiger partial charge in [-0.15, -0.1) is 0 Å². The highest BCUT2D eigenvalue weighted by Crippen LogP contribution is 2.06. The molecule has 0 aliphatic carbocycles. The van der Waals surface area contributed by atoms with E-state index in [4.69, 9.17) is 18.0 Å². The van der Waals surface area contributed by atoms with Crippen LogP contribution in [0.15, 0.2) is 0 Å².